The van der Waals surface area contributed by atoms with Crippen molar-refractivity contribution in [1.29, 1.82) is 0 Å². The summed E-state index contributed by atoms with van der Waals surface area (Å²) in [5.74, 6) is 1.20. The molecule has 2 heterocycles. The predicted octanol–water partition coefficient (Wildman–Crippen LogP) is 0.674. The molecule has 1 unspecified atom stereocenters. The molecule has 0 bridgehead atoms. The quantitative estimate of drug-likeness (QED) is 0.310. The molecular formula is C18H24N6O4S. The van der Waals surface area contributed by atoms with E-state index in [9.17, 15) is 8.42 Å². The second-order valence-electron chi connectivity index (χ2n) is 6.87. The highest BCUT2D eigenvalue weighted by molar-refractivity contribution is 7.90. The third kappa shape index (κ3) is 5.05. The van der Waals surface area contributed by atoms with Gasteiger partial charge in [-0.1, -0.05) is 17.3 Å². The number of aromatic nitrogens is 2. The van der Waals surface area contributed by atoms with E-state index in [-0.39, 0.29) is 23.5 Å². The van der Waals surface area contributed by atoms with Crippen LogP contribution >= 0.6 is 0 Å². The number of oxime groups is 1. The van der Waals surface area contributed by atoms with Crippen molar-refractivity contribution in [3.05, 3.63) is 42.2 Å². The number of guanidine groups is 1. The summed E-state index contributed by atoms with van der Waals surface area (Å²) >= 11 is 0. The van der Waals surface area contributed by atoms with Crippen molar-refractivity contribution < 1.29 is 18.4 Å². The number of rotatable bonds is 5. The Morgan fingerprint density at radius 2 is 1.93 bits per heavy atom. The molecule has 11 heteroatoms. The highest BCUT2D eigenvalue weighted by Crippen LogP contribution is 2.19. The molecule has 0 spiro atoms. The van der Waals surface area contributed by atoms with Gasteiger partial charge >= 0.3 is 0 Å². The summed E-state index contributed by atoms with van der Waals surface area (Å²) in [6, 6.07) is 6.64. The van der Waals surface area contributed by atoms with Crippen LogP contribution in [0.15, 0.2) is 46.7 Å². The average Bonchev–Trinajstić information content (AvgIpc) is 2.71. The highest BCUT2D eigenvalue weighted by Gasteiger charge is 2.26. The summed E-state index contributed by atoms with van der Waals surface area (Å²) in [5.41, 5.74) is 6.50. The van der Waals surface area contributed by atoms with Crippen LogP contribution < -0.4 is 15.4 Å². The predicted molar refractivity (Wildman–Crippen MR) is 108 cm³/mol. The normalized spacial score (nSPS) is 18.0. The third-order valence-corrected chi connectivity index (χ3v) is 5.81. The minimum atomic E-state index is -3.21. The summed E-state index contributed by atoms with van der Waals surface area (Å²) in [4.78, 5) is 12.9. The van der Waals surface area contributed by atoms with Crippen LogP contribution in [0.4, 0.5) is 5.95 Å². The first-order valence-electron chi connectivity index (χ1n) is 9.01. The van der Waals surface area contributed by atoms with Gasteiger partial charge in [-0.15, -0.1) is 0 Å². The van der Waals surface area contributed by atoms with Crippen LogP contribution in [-0.4, -0.2) is 66.4 Å². The van der Waals surface area contributed by atoms with Crippen LogP contribution in [0.25, 0.3) is 0 Å². The lowest BCUT2D eigenvalue weighted by atomic mass is 10.2. The van der Waals surface area contributed by atoms with Gasteiger partial charge in [-0.05, 0) is 24.6 Å². The van der Waals surface area contributed by atoms with Gasteiger partial charge in [-0.2, -0.15) is 0 Å². The molecule has 3 N–H and O–H groups in total. The molecule has 0 saturated carbocycles. The summed E-state index contributed by atoms with van der Waals surface area (Å²) in [6.45, 7) is 4.14. The maximum Gasteiger partial charge on any atom is 0.233 e. The molecule has 0 radical (unpaired) electrons. The van der Waals surface area contributed by atoms with E-state index in [0.717, 1.165) is 5.56 Å². The second kappa shape index (κ2) is 8.52. The SMILES string of the molecule is CC1CN(C(N)=NO)CCN1c1ncc(OCc2ccc(S(C)(=O)=O)cc2)cn1. The van der Waals surface area contributed by atoms with Gasteiger partial charge in [0.2, 0.25) is 11.9 Å². The van der Waals surface area contributed by atoms with Crippen molar-refractivity contribution in [3.63, 3.8) is 0 Å². The maximum absolute atomic E-state index is 11.5. The first-order chi connectivity index (χ1) is 13.8. The van der Waals surface area contributed by atoms with Crippen LogP contribution in [-0.2, 0) is 16.4 Å². The Morgan fingerprint density at radius 1 is 1.28 bits per heavy atom. The zero-order valence-electron chi connectivity index (χ0n) is 16.3. The fourth-order valence-electron chi connectivity index (χ4n) is 3.06. The van der Waals surface area contributed by atoms with E-state index in [1.165, 1.54) is 6.26 Å². The second-order valence-corrected chi connectivity index (χ2v) is 8.89. The molecule has 1 saturated heterocycles. The topological polar surface area (TPSA) is 134 Å². The van der Waals surface area contributed by atoms with Crippen molar-refractivity contribution >= 4 is 21.7 Å². The Morgan fingerprint density at radius 3 is 2.48 bits per heavy atom. The average molecular weight is 420 g/mol. The lowest BCUT2D eigenvalue weighted by Crippen LogP contribution is -2.56. The van der Waals surface area contributed by atoms with Crippen molar-refractivity contribution in [3.8, 4) is 5.75 Å². The minimum Gasteiger partial charge on any atom is -0.486 e. The van der Waals surface area contributed by atoms with Gasteiger partial charge in [0.1, 0.15) is 6.61 Å². The van der Waals surface area contributed by atoms with Crippen LogP contribution in [0.5, 0.6) is 5.75 Å². The van der Waals surface area contributed by atoms with Crippen LogP contribution in [0.2, 0.25) is 0 Å². The van der Waals surface area contributed by atoms with Gasteiger partial charge in [-0.25, -0.2) is 18.4 Å². The molecule has 1 fully saturated rings. The molecule has 1 aliphatic heterocycles. The molecule has 2 aromatic rings. The minimum absolute atomic E-state index is 0.0872. The summed E-state index contributed by atoms with van der Waals surface area (Å²) in [6.07, 6.45) is 4.39. The first-order valence-corrected chi connectivity index (χ1v) is 10.9. The molecule has 1 aliphatic rings. The van der Waals surface area contributed by atoms with Gasteiger partial charge in [0.15, 0.2) is 15.6 Å². The number of benzene rings is 1. The Hall–Kier alpha value is -3.08. The van der Waals surface area contributed by atoms with Crippen molar-refractivity contribution in [2.75, 3.05) is 30.8 Å². The molecule has 1 atom stereocenters. The summed E-state index contributed by atoms with van der Waals surface area (Å²) < 4.78 is 28.7. The van der Waals surface area contributed by atoms with E-state index >= 15 is 0 Å². The zero-order chi connectivity index (χ0) is 21.0. The van der Waals surface area contributed by atoms with E-state index in [1.807, 2.05) is 6.92 Å². The molecule has 0 aliphatic carbocycles. The van der Waals surface area contributed by atoms with E-state index < -0.39 is 9.84 Å². The van der Waals surface area contributed by atoms with E-state index in [2.05, 4.69) is 20.0 Å². The standard InChI is InChI=1S/C18H24N6O4S/c1-13-11-23(17(19)22-25)7-8-24(13)18-20-9-15(10-21-18)28-12-14-3-5-16(6-4-14)29(2,26)27/h3-6,9-10,13,25H,7-8,11-12H2,1-2H3,(H2,19,22). The number of hydrogen-bond donors (Lipinski definition) is 2. The van der Waals surface area contributed by atoms with Gasteiger partial charge in [-0.3, -0.25) is 0 Å². The van der Waals surface area contributed by atoms with Crippen LogP contribution in [0.3, 0.4) is 0 Å². The van der Waals surface area contributed by atoms with Crippen molar-refractivity contribution in [1.82, 2.24) is 14.9 Å². The van der Waals surface area contributed by atoms with E-state index in [4.69, 9.17) is 15.7 Å². The lowest BCUT2D eigenvalue weighted by molar-refractivity contribution is 0.280. The Balaban J connectivity index is 1.58. The van der Waals surface area contributed by atoms with Crippen molar-refractivity contribution in [2.45, 2.75) is 24.5 Å². The van der Waals surface area contributed by atoms with Gasteiger partial charge in [0, 0.05) is 31.9 Å². The van der Waals surface area contributed by atoms with Crippen LogP contribution in [0, 0.1) is 0 Å². The maximum atomic E-state index is 11.5. The zero-order valence-corrected chi connectivity index (χ0v) is 17.1. The molecule has 1 aromatic carbocycles. The fraction of sp³-hybridized carbons (Fsp3) is 0.389. The number of hydrogen-bond acceptors (Lipinski definition) is 8. The number of anilines is 1. The molecule has 10 nitrogen and oxygen atoms in total. The number of nitrogens with two attached hydrogens (primary N) is 1. The van der Waals surface area contributed by atoms with Gasteiger partial charge in [0.05, 0.1) is 17.3 Å². The molecule has 0 amide bonds. The molecule has 156 valence electrons. The van der Waals surface area contributed by atoms with E-state index in [0.29, 0.717) is 31.3 Å². The van der Waals surface area contributed by atoms with Gasteiger partial charge in [0.25, 0.3) is 0 Å². The van der Waals surface area contributed by atoms with E-state index in [1.54, 1.807) is 41.6 Å². The Bertz CT molecular complexity index is 963. The monoisotopic (exact) mass is 420 g/mol. The largest absolute Gasteiger partial charge is 0.486 e. The number of nitrogens with zero attached hydrogens (tertiary/aromatic N) is 5. The molecule has 29 heavy (non-hydrogen) atoms. The number of piperazine rings is 1. The third-order valence-electron chi connectivity index (χ3n) is 4.68. The molecular weight excluding hydrogens is 396 g/mol. The van der Waals surface area contributed by atoms with Gasteiger partial charge < -0.3 is 25.5 Å². The molecule has 1 aromatic heterocycles. The Kier molecular flexibility index (Phi) is 6.06. The smallest absolute Gasteiger partial charge is 0.233 e. The lowest BCUT2D eigenvalue weighted by Gasteiger charge is -2.39. The Labute approximate surface area is 169 Å². The van der Waals surface area contributed by atoms with Crippen molar-refractivity contribution in [2.24, 2.45) is 10.9 Å². The fourth-order valence-corrected chi connectivity index (χ4v) is 3.69. The number of ether oxygens (including phenoxy) is 1. The van der Waals surface area contributed by atoms with Crippen LogP contribution in [0.1, 0.15) is 12.5 Å². The highest BCUT2D eigenvalue weighted by atomic mass is 32.2. The summed E-state index contributed by atoms with van der Waals surface area (Å²) in [5, 5.41) is 11.9. The number of sulfone groups is 1. The first kappa shape index (κ1) is 20.6. The summed E-state index contributed by atoms with van der Waals surface area (Å²) in [7, 11) is -3.21. The molecule has 3 rings (SSSR count).